The first-order valence-corrected chi connectivity index (χ1v) is 7.84. The molecule has 1 aromatic carbocycles. The minimum Gasteiger partial charge on any atom is -0.504 e. The Balaban J connectivity index is 2.47. The molecular formula is C16H15BrF2N2O3. The Morgan fingerprint density at radius 1 is 1.38 bits per heavy atom. The molecule has 5 nitrogen and oxygen atoms in total. The van der Waals surface area contributed by atoms with Gasteiger partial charge in [-0.25, -0.2) is 13.6 Å². The smallest absolute Gasteiger partial charge is 0.359 e. The second kappa shape index (κ2) is 8.05. The summed E-state index contributed by atoms with van der Waals surface area (Å²) in [6, 6.07) is 3.60. The molecule has 0 aliphatic rings. The zero-order chi connectivity index (χ0) is 17.7. The van der Waals surface area contributed by atoms with Crippen LogP contribution in [0.3, 0.4) is 0 Å². The van der Waals surface area contributed by atoms with Crippen LogP contribution in [0.1, 0.15) is 28.5 Å². The minimum atomic E-state index is -0.691. The number of ether oxygens (including phenoxy) is 2. The summed E-state index contributed by atoms with van der Waals surface area (Å²) in [5, 5.41) is 4.11. The molecule has 0 atom stereocenters. The Labute approximate surface area is 146 Å². The van der Waals surface area contributed by atoms with Crippen molar-refractivity contribution in [2.45, 2.75) is 13.5 Å². The Morgan fingerprint density at radius 3 is 2.62 bits per heavy atom. The van der Waals surface area contributed by atoms with Crippen molar-refractivity contribution in [3.63, 3.8) is 0 Å². The fourth-order valence-electron chi connectivity index (χ4n) is 2.03. The van der Waals surface area contributed by atoms with E-state index >= 15 is 0 Å². The SMILES string of the molecule is CCOC(=O)c1nn(Cc2c(F)cccc2F)c(Br)c1C=COC. The molecule has 1 heterocycles. The molecular weight excluding hydrogens is 386 g/mol. The van der Waals surface area contributed by atoms with Crippen molar-refractivity contribution in [1.82, 2.24) is 9.78 Å². The van der Waals surface area contributed by atoms with Crippen LogP contribution in [0.4, 0.5) is 8.78 Å². The molecule has 0 unspecified atom stereocenters. The van der Waals surface area contributed by atoms with Crippen LogP contribution in [-0.4, -0.2) is 29.5 Å². The summed E-state index contributed by atoms with van der Waals surface area (Å²) in [5.74, 6) is -2.02. The highest BCUT2D eigenvalue weighted by Gasteiger charge is 2.22. The number of rotatable bonds is 6. The topological polar surface area (TPSA) is 53.3 Å². The quantitative estimate of drug-likeness (QED) is 0.547. The van der Waals surface area contributed by atoms with E-state index < -0.39 is 17.6 Å². The number of aromatic nitrogens is 2. The number of benzene rings is 1. The van der Waals surface area contributed by atoms with Crippen molar-refractivity contribution >= 4 is 28.0 Å². The molecule has 0 aliphatic heterocycles. The van der Waals surface area contributed by atoms with Gasteiger partial charge in [0.15, 0.2) is 5.69 Å². The molecule has 0 saturated carbocycles. The van der Waals surface area contributed by atoms with Crippen molar-refractivity contribution in [2.75, 3.05) is 13.7 Å². The maximum Gasteiger partial charge on any atom is 0.359 e. The van der Waals surface area contributed by atoms with Gasteiger partial charge in [-0.3, -0.25) is 4.68 Å². The van der Waals surface area contributed by atoms with Gasteiger partial charge >= 0.3 is 5.97 Å². The number of carbonyl (C=O) groups is 1. The van der Waals surface area contributed by atoms with Crippen LogP contribution in [0.25, 0.3) is 6.08 Å². The number of halogens is 3. The number of esters is 1. The van der Waals surface area contributed by atoms with Gasteiger partial charge in [-0.1, -0.05) is 6.07 Å². The molecule has 0 spiro atoms. The molecule has 0 N–H and O–H groups in total. The van der Waals surface area contributed by atoms with E-state index in [9.17, 15) is 13.6 Å². The average Bonchev–Trinajstić information content (AvgIpc) is 2.85. The molecule has 1 aromatic heterocycles. The van der Waals surface area contributed by atoms with Crippen LogP contribution in [-0.2, 0) is 16.0 Å². The summed E-state index contributed by atoms with van der Waals surface area (Å²) in [5.41, 5.74) is 0.263. The molecule has 0 fully saturated rings. The second-order valence-corrected chi connectivity index (χ2v) is 5.42. The van der Waals surface area contributed by atoms with Crippen LogP contribution in [0.2, 0.25) is 0 Å². The van der Waals surface area contributed by atoms with Crippen molar-refractivity contribution < 1.29 is 23.0 Å². The van der Waals surface area contributed by atoms with Gasteiger partial charge in [0.25, 0.3) is 0 Å². The van der Waals surface area contributed by atoms with Crippen LogP contribution < -0.4 is 0 Å². The van der Waals surface area contributed by atoms with E-state index in [1.165, 1.54) is 30.2 Å². The number of carbonyl (C=O) groups excluding carboxylic acids is 1. The van der Waals surface area contributed by atoms with Crippen molar-refractivity contribution in [3.8, 4) is 0 Å². The van der Waals surface area contributed by atoms with Crippen LogP contribution >= 0.6 is 15.9 Å². The fourth-order valence-corrected chi connectivity index (χ4v) is 2.55. The molecule has 8 heteroatoms. The zero-order valence-corrected chi connectivity index (χ0v) is 14.6. The van der Waals surface area contributed by atoms with E-state index in [-0.39, 0.29) is 24.4 Å². The van der Waals surface area contributed by atoms with Crippen molar-refractivity contribution in [3.05, 3.63) is 57.5 Å². The molecule has 128 valence electrons. The van der Waals surface area contributed by atoms with Gasteiger partial charge < -0.3 is 9.47 Å². The normalized spacial score (nSPS) is 11.0. The first-order valence-electron chi connectivity index (χ1n) is 7.05. The molecule has 0 aliphatic carbocycles. The van der Waals surface area contributed by atoms with Gasteiger partial charge in [0.2, 0.25) is 0 Å². The van der Waals surface area contributed by atoms with Gasteiger partial charge in [0, 0.05) is 11.1 Å². The predicted molar refractivity (Wildman–Crippen MR) is 87.4 cm³/mol. The van der Waals surface area contributed by atoms with E-state index in [2.05, 4.69) is 21.0 Å². The van der Waals surface area contributed by atoms with E-state index in [0.717, 1.165) is 12.1 Å². The third-order valence-corrected chi connectivity index (χ3v) is 3.97. The van der Waals surface area contributed by atoms with Gasteiger partial charge in [-0.05, 0) is 41.1 Å². The summed E-state index contributed by atoms with van der Waals surface area (Å²) >= 11 is 3.30. The lowest BCUT2D eigenvalue weighted by Gasteiger charge is -2.06. The number of hydrogen-bond donors (Lipinski definition) is 0. The van der Waals surface area contributed by atoms with Crippen LogP contribution in [0, 0.1) is 11.6 Å². The lowest BCUT2D eigenvalue weighted by molar-refractivity contribution is 0.0518. The molecule has 0 radical (unpaired) electrons. The highest BCUT2D eigenvalue weighted by Crippen LogP contribution is 2.25. The second-order valence-electron chi connectivity index (χ2n) is 4.67. The lowest BCUT2D eigenvalue weighted by atomic mass is 10.2. The van der Waals surface area contributed by atoms with Gasteiger partial charge in [0.05, 0.1) is 26.5 Å². The summed E-state index contributed by atoms with van der Waals surface area (Å²) in [7, 11) is 1.45. The fraction of sp³-hybridized carbons (Fsp3) is 0.250. The minimum absolute atomic E-state index is 0.0220. The maximum atomic E-state index is 13.8. The number of hydrogen-bond acceptors (Lipinski definition) is 4. The van der Waals surface area contributed by atoms with Gasteiger partial charge in [-0.15, -0.1) is 0 Å². The van der Waals surface area contributed by atoms with E-state index in [1.807, 2.05) is 0 Å². The van der Waals surface area contributed by atoms with E-state index in [4.69, 9.17) is 9.47 Å². The van der Waals surface area contributed by atoms with Gasteiger partial charge in [0.1, 0.15) is 16.2 Å². The average molecular weight is 401 g/mol. The molecule has 24 heavy (non-hydrogen) atoms. The number of nitrogens with zero attached hydrogens (tertiary/aromatic N) is 2. The van der Waals surface area contributed by atoms with Crippen molar-refractivity contribution in [1.29, 1.82) is 0 Å². The first kappa shape index (κ1) is 18.1. The largest absolute Gasteiger partial charge is 0.504 e. The maximum absolute atomic E-state index is 13.8. The summed E-state index contributed by atoms with van der Waals surface area (Å²) < 4.78 is 39.1. The Bertz CT molecular complexity index is 755. The third kappa shape index (κ3) is 3.81. The lowest BCUT2D eigenvalue weighted by Crippen LogP contribution is -2.10. The van der Waals surface area contributed by atoms with Gasteiger partial charge in [-0.2, -0.15) is 5.10 Å². The van der Waals surface area contributed by atoms with Crippen LogP contribution in [0.15, 0.2) is 29.1 Å². The number of methoxy groups -OCH3 is 1. The summed E-state index contributed by atoms with van der Waals surface area (Å²) in [6.45, 7) is 1.66. The Hall–Kier alpha value is -2.22. The standard InChI is InChI=1S/C16H15BrF2N2O3/c1-3-24-16(22)14-10(7-8-23-2)15(17)21(20-14)9-11-12(18)5-4-6-13(11)19/h4-8H,3,9H2,1-2H3. The van der Waals surface area contributed by atoms with E-state index in [1.54, 1.807) is 6.92 Å². The Kier molecular flexibility index (Phi) is 6.08. The molecule has 0 saturated heterocycles. The molecule has 0 bridgehead atoms. The van der Waals surface area contributed by atoms with E-state index in [0.29, 0.717) is 10.2 Å². The first-order chi connectivity index (χ1) is 11.5. The Morgan fingerprint density at radius 2 is 2.04 bits per heavy atom. The molecule has 2 aromatic rings. The zero-order valence-electron chi connectivity index (χ0n) is 13.1. The highest BCUT2D eigenvalue weighted by molar-refractivity contribution is 9.10. The monoisotopic (exact) mass is 400 g/mol. The van der Waals surface area contributed by atoms with Crippen LogP contribution in [0.5, 0.6) is 0 Å². The van der Waals surface area contributed by atoms with Crippen molar-refractivity contribution in [2.24, 2.45) is 0 Å². The predicted octanol–water partition coefficient (Wildman–Crippen LogP) is 3.77. The molecule has 0 amide bonds. The third-order valence-electron chi connectivity index (χ3n) is 3.13. The summed E-state index contributed by atoms with van der Waals surface area (Å²) in [4.78, 5) is 12.0. The highest BCUT2D eigenvalue weighted by atomic mass is 79.9. The molecule has 2 rings (SSSR count). The summed E-state index contributed by atoms with van der Waals surface area (Å²) in [6.07, 6.45) is 2.87.